The van der Waals surface area contributed by atoms with Crippen LogP contribution < -0.4 is 5.32 Å². The van der Waals surface area contributed by atoms with Crippen molar-refractivity contribution in [2.45, 2.75) is 31.9 Å². The van der Waals surface area contributed by atoms with Gasteiger partial charge >= 0.3 is 0 Å². The molecule has 0 fully saturated rings. The minimum Gasteiger partial charge on any atom is -0.382 e. The van der Waals surface area contributed by atoms with Gasteiger partial charge in [-0.2, -0.15) is 0 Å². The molecule has 0 spiro atoms. The van der Waals surface area contributed by atoms with Gasteiger partial charge in [-0.15, -0.1) is 0 Å². The van der Waals surface area contributed by atoms with Crippen LogP contribution in [0.15, 0.2) is 24.3 Å². The molecule has 0 saturated heterocycles. The van der Waals surface area contributed by atoms with E-state index in [9.17, 15) is 0 Å². The molecule has 1 aromatic carbocycles. The molecule has 0 aromatic heterocycles. The van der Waals surface area contributed by atoms with E-state index >= 15 is 0 Å². The normalized spacial score (nSPS) is 20.7. The van der Waals surface area contributed by atoms with Crippen molar-refractivity contribution < 1.29 is 14.2 Å². The Bertz CT molecular complexity index is 411. The SMILES string of the molecule is CCNC1c2ccccc2CC1OCCCOCCOC. The fraction of sp³-hybridized carbons (Fsp3) is 0.647. The third-order valence-corrected chi connectivity index (χ3v) is 3.80. The predicted molar refractivity (Wildman–Crippen MR) is 83.6 cm³/mol. The Morgan fingerprint density at radius 3 is 2.81 bits per heavy atom. The molecule has 2 unspecified atom stereocenters. The highest BCUT2D eigenvalue weighted by Crippen LogP contribution is 2.33. The summed E-state index contributed by atoms with van der Waals surface area (Å²) in [6, 6.07) is 8.94. The summed E-state index contributed by atoms with van der Waals surface area (Å²) in [4.78, 5) is 0. The second-order valence-electron chi connectivity index (χ2n) is 5.31. The van der Waals surface area contributed by atoms with Crippen LogP contribution in [0.3, 0.4) is 0 Å². The van der Waals surface area contributed by atoms with Crippen molar-refractivity contribution in [1.29, 1.82) is 0 Å². The maximum Gasteiger partial charge on any atom is 0.0810 e. The third-order valence-electron chi connectivity index (χ3n) is 3.80. The topological polar surface area (TPSA) is 39.7 Å². The number of methoxy groups -OCH3 is 1. The Morgan fingerprint density at radius 1 is 1.14 bits per heavy atom. The molecule has 2 atom stereocenters. The van der Waals surface area contributed by atoms with E-state index in [0.29, 0.717) is 19.3 Å². The van der Waals surface area contributed by atoms with Crippen LogP contribution in [0.2, 0.25) is 0 Å². The zero-order chi connectivity index (χ0) is 14.9. The van der Waals surface area contributed by atoms with Gasteiger partial charge in [0.25, 0.3) is 0 Å². The maximum absolute atomic E-state index is 6.08. The first-order valence-corrected chi connectivity index (χ1v) is 7.86. The molecule has 4 heteroatoms. The van der Waals surface area contributed by atoms with E-state index in [0.717, 1.165) is 32.6 Å². The lowest BCUT2D eigenvalue weighted by atomic mass is 10.1. The molecular weight excluding hydrogens is 266 g/mol. The highest BCUT2D eigenvalue weighted by atomic mass is 16.5. The quantitative estimate of drug-likeness (QED) is 0.672. The fourth-order valence-corrected chi connectivity index (χ4v) is 2.81. The Kier molecular flexibility index (Phi) is 7.16. The van der Waals surface area contributed by atoms with Gasteiger partial charge in [-0.05, 0) is 24.1 Å². The smallest absolute Gasteiger partial charge is 0.0810 e. The van der Waals surface area contributed by atoms with Crippen LogP contribution >= 0.6 is 0 Å². The van der Waals surface area contributed by atoms with Crippen LogP contribution in [0.4, 0.5) is 0 Å². The number of hydrogen-bond donors (Lipinski definition) is 1. The highest BCUT2D eigenvalue weighted by Gasteiger charge is 2.31. The van der Waals surface area contributed by atoms with Gasteiger partial charge in [-0.25, -0.2) is 0 Å². The largest absolute Gasteiger partial charge is 0.382 e. The van der Waals surface area contributed by atoms with Crippen molar-refractivity contribution in [2.24, 2.45) is 0 Å². The summed E-state index contributed by atoms with van der Waals surface area (Å²) in [6.07, 6.45) is 2.16. The van der Waals surface area contributed by atoms with Gasteiger partial charge < -0.3 is 19.5 Å². The van der Waals surface area contributed by atoms with Gasteiger partial charge in [0, 0.05) is 26.7 Å². The predicted octanol–water partition coefficient (Wildman–Crippen LogP) is 2.33. The number of benzene rings is 1. The van der Waals surface area contributed by atoms with E-state index in [1.54, 1.807) is 7.11 Å². The van der Waals surface area contributed by atoms with Gasteiger partial charge in [0.15, 0.2) is 0 Å². The van der Waals surface area contributed by atoms with E-state index in [4.69, 9.17) is 14.2 Å². The van der Waals surface area contributed by atoms with E-state index in [-0.39, 0.29) is 6.10 Å². The third kappa shape index (κ3) is 4.78. The average Bonchev–Trinajstić information content (AvgIpc) is 2.85. The van der Waals surface area contributed by atoms with E-state index < -0.39 is 0 Å². The number of hydrogen-bond acceptors (Lipinski definition) is 4. The maximum atomic E-state index is 6.08. The molecule has 1 aromatic rings. The molecule has 0 amide bonds. The summed E-state index contributed by atoms with van der Waals surface area (Å²) in [6.45, 7) is 5.88. The van der Waals surface area contributed by atoms with E-state index in [1.807, 2.05) is 0 Å². The van der Waals surface area contributed by atoms with Crippen LogP contribution in [-0.4, -0.2) is 46.2 Å². The molecule has 1 aliphatic rings. The first kappa shape index (κ1) is 16.4. The molecule has 0 bridgehead atoms. The van der Waals surface area contributed by atoms with Crippen LogP contribution in [0.1, 0.15) is 30.5 Å². The van der Waals surface area contributed by atoms with Crippen LogP contribution in [-0.2, 0) is 20.6 Å². The second-order valence-corrected chi connectivity index (χ2v) is 5.31. The molecule has 0 aliphatic heterocycles. The van der Waals surface area contributed by atoms with Crippen molar-refractivity contribution in [1.82, 2.24) is 5.32 Å². The Hall–Kier alpha value is -0.940. The Balaban J connectivity index is 1.73. The first-order chi connectivity index (χ1) is 10.4. The first-order valence-electron chi connectivity index (χ1n) is 7.86. The molecule has 0 saturated carbocycles. The molecule has 1 aliphatic carbocycles. The molecule has 0 heterocycles. The zero-order valence-electron chi connectivity index (χ0n) is 13.1. The number of rotatable bonds is 10. The summed E-state index contributed by atoms with van der Waals surface area (Å²) in [5.74, 6) is 0. The summed E-state index contributed by atoms with van der Waals surface area (Å²) >= 11 is 0. The van der Waals surface area contributed by atoms with Gasteiger partial charge in [0.1, 0.15) is 0 Å². The minimum atomic E-state index is 0.237. The molecule has 118 valence electrons. The lowest BCUT2D eigenvalue weighted by Gasteiger charge is -2.21. The molecule has 21 heavy (non-hydrogen) atoms. The van der Waals surface area contributed by atoms with Crippen LogP contribution in [0.25, 0.3) is 0 Å². The van der Waals surface area contributed by atoms with Gasteiger partial charge in [0.2, 0.25) is 0 Å². The molecule has 1 N–H and O–H groups in total. The molecular formula is C17H27NO3. The molecule has 0 radical (unpaired) electrons. The summed E-state index contributed by atoms with van der Waals surface area (Å²) in [7, 11) is 1.69. The Labute approximate surface area is 127 Å². The average molecular weight is 293 g/mol. The van der Waals surface area contributed by atoms with Crippen molar-refractivity contribution in [3.8, 4) is 0 Å². The molecule has 4 nitrogen and oxygen atoms in total. The summed E-state index contributed by atoms with van der Waals surface area (Å²) in [5, 5.41) is 3.55. The van der Waals surface area contributed by atoms with Crippen molar-refractivity contribution in [2.75, 3.05) is 40.1 Å². The van der Waals surface area contributed by atoms with Crippen molar-refractivity contribution in [3.05, 3.63) is 35.4 Å². The second kappa shape index (κ2) is 9.15. The lowest BCUT2D eigenvalue weighted by Crippen LogP contribution is -2.31. The van der Waals surface area contributed by atoms with E-state index in [2.05, 4.69) is 36.5 Å². The van der Waals surface area contributed by atoms with Gasteiger partial charge in [-0.3, -0.25) is 0 Å². The summed E-state index contributed by atoms with van der Waals surface area (Å²) < 4.78 is 16.5. The Morgan fingerprint density at radius 2 is 2.00 bits per heavy atom. The summed E-state index contributed by atoms with van der Waals surface area (Å²) in [5.41, 5.74) is 2.80. The van der Waals surface area contributed by atoms with Gasteiger partial charge in [0.05, 0.1) is 25.4 Å². The zero-order valence-corrected chi connectivity index (χ0v) is 13.1. The van der Waals surface area contributed by atoms with Crippen LogP contribution in [0.5, 0.6) is 0 Å². The van der Waals surface area contributed by atoms with Crippen molar-refractivity contribution in [3.63, 3.8) is 0 Å². The number of ether oxygens (including phenoxy) is 3. The van der Waals surface area contributed by atoms with Crippen molar-refractivity contribution >= 4 is 0 Å². The van der Waals surface area contributed by atoms with E-state index in [1.165, 1.54) is 11.1 Å². The standard InChI is InChI=1S/C17H27NO3/c1-3-18-17-15-8-5-4-7-14(15)13-16(17)21-10-6-9-20-12-11-19-2/h4-5,7-8,16-18H,3,6,9-13H2,1-2H3. The lowest BCUT2D eigenvalue weighted by molar-refractivity contribution is 0.0128. The number of likely N-dealkylation sites (N-methyl/N-ethyl adjacent to an activating group) is 1. The monoisotopic (exact) mass is 293 g/mol. The number of fused-ring (bicyclic) bond motifs is 1. The minimum absolute atomic E-state index is 0.237. The number of nitrogens with one attached hydrogen (secondary N) is 1. The van der Waals surface area contributed by atoms with Crippen LogP contribution in [0, 0.1) is 0 Å². The highest BCUT2D eigenvalue weighted by molar-refractivity contribution is 5.36. The van der Waals surface area contributed by atoms with Gasteiger partial charge in [-0.1, -0.05) is 31.2 Å². The molecule has 2 rings (SSSR count). The fourth-order valence-electron chi connectivity index (χ4n) is 2.81.